The second-order valence-corrected chi connectivity index (χ2v) is 11.9. The summed E-state index contributed by atoms with van der Waals surface area (Å²) < 4.78 is 27.8. The lowest BCUT2D eigenvalue weighted by molar-refractivity contribution is 0.0987. The molecule has 0 aromatic heterocycles. The Morgan fingerprint density at radius 1 is 1.09 bits per heavy atom. The van der Waals surface area contributed by atoms with Crippen molar-refractivity contribution >= 4 is 27.4 Å². The van der Waals surface area contributed by atoms with E-state index in [0.717, 1.165) is 25.9 Å². The highest BCUT2D eigenvalue weighted by Gasteiger charge is 2.29. The number of rotatable bonds is 9. The van der Waals surface area contributed by atoms with Gasteiger partial charge in [-0.25, -0.2) is 8.42 Å². The Bertz CT molecular complexity index is 1080. The minimum absolute atomic E-state index is 0.111. The Morgan fingerprint density at radius 2 is 1.82 bits per heavy atom. The second-order valence-electron chi connectivity index (χ2n) is 9.50. The molecule has 2 unspecified atom stereocenters. The van der Waals surface area contributed by atoms with Crippen LogP contribution in [-0.4, -0.2) is 62.7 Å². The van der Waals surface area contributed by atoms with Gasteiger partial charge in [-0.2, -0.15) is 4.31 Å². The number of likely N-dealkylation sites (tertiary alicyclic amines) is 1. The largest absolute Gasteiger partial charge is 0.308 e. The Labute approximate surface area is 208 Å². The lowest BCUT2D eigenvalue weighted by Gasteiger charge is -2.30. The van der Waals surface area contributed by atoms with Gasteiger partial charge in [-0.05, 0) is 74.5 Å². The van der Waals surface area contributed by atoms with Gasteiger partial charge in [-0.3, -0.25) is 9.69 Å². The zero-order chi connectivity index (χ0) is 24.1. The van der Waals surface area contributed by atoms with Crippen molar-refractivity contribution in [3.63, 3.8) is 0 Å². The van der Waals surface area contributed by atoms with Crippen molar-refractivity contribution in [1.82, 2.24) is 14.5 Å². The second kappa shape index (κ2) is 11.3. The standard InChI is InChI=1S/C26H34ClN3O3S/c1-20-6-5-15-30(19-20)34(32,33)24-8-4-7-22(16-24)26(31)18-28-17-25(29-13-2-3-14-29)21-9-11-23(27)12-10-21/h4,7-12,16,20,25,28H,2-3,5-6,13-15,17-19H2,1H3. The molecule has 2 aliphatic rings. The summed E-state index contributed by atoms with van der Waals surface area (Å²) in [7, 11) is -3.59. The van der Waals surface area contributed by atoms with Gasteiger partial charge in [0.25, 0.3) is 0 Å². The van der Waals surface area contributed by atoms with Gasteiger partial charge in [-0.15, -0.1) is 0 Å². The molecular formula is C26H34ClN3O3S. The number of nitrogens with one attached hydrogen (secondary N) is 1. The molecule has 2 aromatic carbocycles. The van der Waals surface area contributed by atoms with E-state index in [1.165, 1.54) is 24.5 Å². The molecule has 2 atom stereocenters. The number of ketones is 1. The van der Waals surface area contributed by atoms with Gasteiger partial charge in [0.05, 0.1) is 11.4 Å². The average Bonchev–Trinajstić information content (AvgIpc) is 3.37. The van der Waals surface area contributed by atoms with Crippen LogP contribution in [0.3, 0.4) is 0 Å². The molecule has 2 aromatic rings. The van der Waals surface area contributed by atoms with Crippen LogP contribution in [0.15, 0.2) is 53.4 Å². The maximum atomic E-state index is 13.1. The van der Waals surface area contributed by atoms with E-state index < -0.39 is 10.0 Å². The van der Waals surface area contributed by atoms with Crippen molar-refractivity contribution in [1.29, 1.82) is 0 Å². The van der Waals surface area contributed by atoms with Crippen molar-refractivity contribution in [3.8, 4) is 0 Å². The van der Waals surface area contributed by atoms with Gasteiger partial charge >= 0.3 is 0 Å². The van der Waals surface area contributed by atoms with Crippen LogP contribution in [0.5, 0.6) is 0 Å². The van der Waals surface area contributed by atoms with E-state index >= 15 is 0 Å². The summed E-state index contributed by atoms with van der Waals surface area (Å²) in [6.07, 6.45) is 4.28. The summed E-state index contributed by atoms with van der Waals surface area (Å²) >= 11 is 6.07. The monoisotopic (exact) mass is 503 g/mol. The Balaban J connectivity index is 1.41. The van der Waals surface area contributed by atoms with Crippen LogP contribution in [-0.2, 0) is 10.0 Å². The van der Waals surface area contributed by atoms with Crippen LogP contribution in [0.2, 0.25) is 5.02 Å². The van der Waals surface area contributed by atoms with Gasteiger partial charge in [-0.1, -0.05) is 42.8 Å². The van der Waals surface area contributed by atoms with E-state index in [1.807, 2.05) is 24.3 Å². The summed E-state index contributed by atoms with van der Waals surface area (Å²) in [5.41, 5.74) is 1.60. The normalized spacial score (nSPS) is 20.9. The van der Waals surface area contributed by atoms with Crippen LogP contribution in [0.1, 0.15) is 54.6 Å². The molecule has 184 valence electrons. The maximum Gasteiger partial charge on any atom is 0.243 e. The van der Waals surface area contributed by atoms with Crippen LogP contribution in [0.4, 0.5) is 0 Å². The van der Waals surface area contributed by atoms with Gasteiger partial charge < -0.3 is 5.32 Å². The van der Waals surface area contributed by atoms with E-state index in [2.05, 4.69) is 17.1 Å². The third-order valence-corrected chi connectivity index (χ3v) is 8.99. The van der Waals surface area contributed by atoms with Gasteiger partial charge in [0.1, 0.15) is 0 Å². The van der Waals surface area contributed by atoms with Crippen molar-refractivity contribution < 1.29 is 13.2 Å². The summed E-state index contributed by atoms with van der Waals surface area (Å²) in [6.45, 7) is 6.02. The summed E-state index contributed by atoms with van der Waals surface area (Å²) in [6, 6.07) is 14.5. The average molecular weight is 504 g/mol. The Morgan fingerprint density at radius 3 is 2.53 bits per heavy atom. The Kier molecular flexibility index (Phi) is 8.43. The summed E-state index contributed by atoms with van der Waals surface area (Å²) in [5, 5.41) is 4.03. The number of hydrogen-bond donors (Lipinski definition) is 1. The van der Waals surface area contributed by atoms with Crippen LogP contribution in [0.25, 0.3) is 0 Å². The molecule has 1 N–H and O–H groups in total. The highest BCUT2D eigenvalue weighted by molar-refractivity contribution is 7.89. The van der Waals surface area contributed by atoms with Crippen LogP contribution in [0, 0.1) is 5.92 Å². The molecule has 0 saturated carbocycles. The molecule has 0 aliphatic carbocycles. The van der Waals surface area contributed by atoms with E-state index in [-0.39, 0.29) is 23.3 Å². The minimum atomic E-state index is -3.59. The van der Waals surface area contributed by atoms with Crippen molar-refractivity contribution in [2.45, 2.75) is 43.5 Å². The molecule has 2 heterocycles. The molecule has 0 spiro atoms. The van der Waals surface area contributed by atoms with E-state index in [1.54, 1.807) is 22.5 Å². The zero-order valence-corrected chi connectivity index (χ0v) is 21.3. The summed E-state index contributed by atoms with van der Waals surface area (Å²) in [4.78, 5) is 15.6. The third-order valence-electron chi connectivity index (χ3n) is 6.87. The van der Waals surface area contributed by atoms with Crippen molar-refractivity contribution in [2.75, 3.05) is 39.3 Å². The SMILES string of the molecule is CC1CCCN(S(=O)(=O)c2cccc(C(=O)CNCC(c3ccc(Cl)cc3)N3CCCC3)c2)C1. The fraction of sp³-hybridized carbons (Fsp3) is 0.500. The third kappa shape index (κ3) is 6.07. The highest BCUT2D eigenvalue weighted by Crippen LogP contribution is 2.26. The number of Topliss-reactive ketones (excluding diaryl/α,β-unsaturated/α-hetero) is 1. The molecule has 2 fully saturated rings. The molecule has 34 heavy (non-hydrogen) atoms. The summed E-state index contributed by atoms with van der Waals surface area (Å²) in [5.74, 6) is 0.238. The molecule has 2 saturated heterocycles. The van der Waals surface area contributed by atoms with Gasteiger partial charge in [0.2, 0.25) is 10.0 Å². The number of carbonyl (C=O) groups is 1. The fourth-order valence-corrected chi connectivity index (χ4v) is 6.73. The van der Waals surface area contributed by atoms with Gasteiger partial charge in [0, 0.05) is 36.3 Å². The van der Waals surface area contributed by atoms with Crippen LogP contribution < -0.4 is 5.32 Å². The van der Waals surface area contributed by atoms with E-state index in [0.29, 0.717) is 36.1 Å². The maximum absolute atomic E-state index is 13.1. The first-order chi connectivity index (χ1) is 16.3. The molecule has 2 aliphatic heterocycles. The predicted octanol–water partition coefficient (Wildman–Crippen LogP) is 4.37. The molecule has 0 bridgehead atoms. The molecule has 0 amide bonds. The van der Waals surface area contributed by atoms with E-state index in [9.17, 15) is 13.2 Å². The van der Waals surface area contributed by atoms with Crippen LogP contribution >= 0.6 is 11.6 Å². The predicted molar refractivity (Wildman–Crippen MR) is 136 cm³/mol. The number of piperidine rings is 1. The highest BCUT2D eigenvalue weighted by atomic mass is 35.5. The first-order valence-corrected chi connectivity index (χ1v) is 14.0. The topological polar surface area (TPSA) is 69.7 Å². The zero-order valence-electron chi connectivity index (χ0n) is 19.7. The first kappa shape index (κ1) is 25.3. The number of benzene rings is 2. The molecule has 6 nitrogen and oxygen atoms in total. The lowest BCUT2D eigenvalue weighted by Crippen LogP contribution is -2.39. The number of hydrogen-bond acceptors (Lipinski definition) is 5. The van der Waals surface area contributed by atoms with Crippen molar-refractivity contribution in [3.05, 3.63) is 64.7 Å². The molecular weight excluding hydrogens is 470 g/mol. The minimum Gasteiger partial charge on any atom is -0.308 e. The lowest BCUT2D eigenvalue weighted by atomic mass is 10.0. The fourth-order valence-electron chi connectivity index (χ4n) is 4.96. The molecule has 0 radical (unpaired) electrons. The number of carbonyl (C=O) groups excluding carboxylic acids is 1. The Hall–Kier alpha value is -1.77. The van der Waals surface area contributed by atoms with E-state index in [4.69, 9.17) is 11.6 Å². The molecule has 8 heteroatoms. The number of nitrogens with zero attached hydrogens (tertiary/aromatic N) is 2. The smallest absolute Gasteiger partial charge is 0.243 e. The first-order valence-electron chi connectivity index (χ1n) is 12.2. The van der Waals surface area contributed by atoms with Gasteiger partial charge in [0.15, 0.2) is 5.78 Å². The quantitative estimate of drug-likeness (QED) is 0.514. The van der Waals surface area contributed by atoms with Crippen molar-refractivity contribution in [2.24, 2.45) is 5.92 Å². The number of halogens is 1. The molecule has 4 rings (SSSR count). The number of sulfonamides is 1.